The van der Waals surface area contributed by atoms with Crippen LogP contribution in [0.1, 0.15) is 103 Å². The Hall–Kier alpha value is -4.95. The number of nitrogens with two attached hydrogens (primary N) is 1. The van der Waals surface area contributed by atoms with Crippen molar-refractivity contribution in [3.8, 4) is 0 Å². The van der Waals surface area contributed by atoms with E-state index >= 15 is 0 Å². The number of fused-ring (bicyclic) bond motifs is 1. The summed E-state index contributed by atoms with van der Waals surface area (Å²) in [5.74, 6) is -0.416. The van der Waals surface area contributed by atoms with Gasteiger partial charge >= 0.3 is 5.97 Å². The Morgan fingerprint density at radius 2 is 1.79 bits per heavy atom. The second-order valence-corrected chi connectivity index (χ2v) is 19.6. The molecule has 2 aliphatic heterocycles. The van der Waals surface area contributed by atoms with Crippen molar-refractivity contribution in [2.45, 2.75) is 105 Å². The average Bonchev–Trinajstić information content (AvgIpc) is 3.72. The van der Waals surface area contributed by atoms with Gasteiger partial charge in [-0.1, -0.05) is 37.3 Å². The molecule has 2 unspecified atom stereocenters. The van der Waals surface area contributed by atoms with E-state index in [4.69, 9.17) is 15.9 Å². The fourth-order valence-electron chi connectivity index (χ4n) is 12.4. The van der Waals surface area contributed by atoms with E-state index in [0.717, 1.165) is 65.0 Å². The van der Waals surface area contributed by atoms with Crippen LogP contribution in [-0.2, 0) is 11.3 Å². The molecule has 1 saturated heterocycles. The number of carboxylic acids is 1. The van der Waals surface area contributed by atoms with Crippen molar-refractivity contribution in [3.63, 3.8) is 0 Å². The van der Waals surface area contributed by atoms with Crippen LogP contribution in [-0.4, -0.2) is 72.3 Å². The third-order valence-corrected chi connectivity index (χ3v) is 14.3. The van der Waals surface area contributed by atoms with E-state index in [1.165, 1.54) is 49.9 Å². The molecule has 5 fully saturated rings. The molecular weight excluding hydrogens is 751 g/mol. The van der Waals surface area contributed by atoms with Crippen molar-refractivity contribution < 1.29 is 20.1 Å². The highest BCUT2D eigenvalue weighted by atomic mass is 32.1. The normalized spacial score (nSPS) is 29.1. The van der Waals surface area contributed by atoms with Gasteiger partial charge in [0, 0.05) is 42.0 Å². The first kappa shape index (κ1) is 39.9. The molecule has 0 spiro atoms. The fourth-order valence-corrected chi connectivity index (χ4v) is 13.3. The minimum atomic E-state index is -0.826. The second kappa shape index (κ2) is 15.0. The average molecular weight is 808 g/mol. The van der Waals surface area contributed by atoms with Gasteiger partial charge in [-0.15, -0.1) is 0 Å². The van der Waals surface area contributed by atoms with Gasteiger partial charge in [0.05, 0.1) is 22.8 Å². The quantitative estimate of drug-likeness (QED) is 0.0383. The standard InChI is InChI=1S/C44H57N9O4S/c1-27(37(45)51-40-49-32-10-5-6-11-33(32)58-40)29-9-7-18-52(38(29)46)34-13-12-30(36(50-34)39(56)57)31-19-48-53(28(31)2)26-44-23-41(3)20-42(4,24-44)22-43(21-41,25-44)15-8-16-47-17-14-35(54)55/h5-6,10-13,19,46-47,50,56-57H,7-9,14-18,20-26H2,1-4H3,(H,54,55)(H2,45,49,51)/b29-27-,46-38?. The summed E-state index contributed by atoms with van der Waals surface area (Å²) in [6.45, 7) is 11.7. The molecule has 4 bridgehead atoms. The summed E-state index contributed by atoms with van der Waals surface area (Å²) in [6.07, 6.45) is 16.7. The number of nitrogens with one attached hydrogen (secondary N) is 3. The van der Waals surface area contributed by atoms with Gasteiger partial charge in [-0.2, -0.15) is 5.10 Å². The number of piperidine rings is 1. The van der Waals surface area contributed by atoms with Gasteiger partial charge in [0.25, 0.3) is 5.95 Å². The molecule has 4 aliphatic carbocycles. The molecule has 9 rings (SSSR count). The molecule has 0 amide bonds. The van der Waals surface area contributed by atoms with E-state index in [0.29, 0.717) is 41.9 Å². The van der Waals surface area contributed by atoms with Gasteiger partial charge < -0.3 is 36.6 Å². The Morgan fingerprint density at radius 3 is 2.52 bits per heavy atom. The zero-order chi connectivity index (χ0) is 41.0. The van der Waals surface area contributed by atoms with E-state index in [2.05, 4.69) is 46.1 Å². The molecule has 4 heterocycles. The Bertz CT molecular complexity index is 2260. The van der Waals surface area contributed by atoms with E-state index in [1.807, 2.05) is 54.4 Å². The predicted molar refractivity (Wildman–Crippen MR) is 229 cm³/mol. The predicted octanol–water partition coefficient (Wildman–Crippen LogP) is 8.20. The number of hydrogen-bond acceptors (Lipinski definition) is 10. The first-order valence-corrected chi connectivity index (χ1v) is 21.4. The Kier molecular flexibility index (Phi) is 10.3. The molecule has 308 valence electrons. The summed E-state index contributed by atoms with van der Waals surface area (Å²) in [7, 11) is 0. The minimum absolute atomic E-state index is 0.119. The van der Waals surface area contributed by atoms with Crippen molar-refractivity contribution >= 4 is 49.9 Å². The van der Waals surface area contributed by atoms with Crippen LogP contribution in [0, 0.1) is 34.0 Å². The van der Waals surface area contributed by atoms with Gasteiger partial charge in [0.15, 0.2) is 0 Å². The molecule has 2 atom stereocenters. The molecule has 58 heavy (non-hydrogen) atoms. The smallest absolute Gasteiger partial charge is 0.304 e. The number of benzene rings is 1. The summed E-state index contributed by atoms with van der Waals surface area (Å²) in [4.78, 5) is 22.0. The van der Waals surface area contributed by atoms with Crippen LogP contribution in [0.4, 0.5) is 5.13 Å². The fraction of sp³-hybridized carbons (Fsp3) is 0.523. The third-order valence-electron chi connectivity index (χ3n) is 13.4. The van der Waals surface area contributed by atoms with Gasteiger partial charge in [-0.05, 0) is 136 Å². The molecule has 13 nitrogen and oxygen atoms in total. The number of dihydropyridines is 1. The maximum absolute atomic E-state index is 11.0. The monoisotopic (exact) mass is 807 g/mol. The van der Waals surface area contributed by atoms with Gasteiger partial charge in [-0.3, -0.25) is 14.9 Å². The number of amidine groups is 2. The maximum atomic E-state index is 11.0. The lowest BCUT2D eigenvalue weighted by Gasteiger charge is -2.70. The zero-order valence-electron chi connectivity index (χ0n) is 34.1. The van der Waals surface area contributed by atoms with Crippen molar-refractivity contribution in [3.05, 3.63) is 82.5 Å². The van der Waals surface area contributed by atoms with Crippen molar-refractivity contribution in [2.75, 3.05) is 19.6 Å². The number of aromatic nitrogens is 3. The molecule has 3 aromatic rings. The summed E-state index contributed by atoms with van der Waals surface area (Å²) in [5, 5.41) is 51.7. The summed E-state index contributed by atoms with van der Waals surface area (Å²) >= 11 is 1.47. The van der Waals surface area contributed by atoms with Crippen LogP contribution in [0.15, 0.2) is 76.2 Å². The lowest BCUT2D eigenvalue weighted by Crippen LogP contribution is -2.60. The number of allylic oxidation sites excluding steroid dienone is 3. The highest BCUT2D eigenvalue weighted by Gasteiger charge is 2.65. The minimum Gasteiger partial charge on any atom is -0.481 e. The number of rotatable bonds is 13. The maximum Gasteiger partial charge on any atom is 0.304 e. The number of nitrogens with zero attached hydrogens (tertiary/aromatic N) is 5. The molecule has 4 saturated carbocycles. The van der Waals surface area contributed by atoms with Crippen molar-refractivity contribution in [2.24, 2.45) is 32.4 Å². The van der Waals surface area contributed by atoms with Gasteiger partial charge in [0.2, 0.25) is 5.13 Å². The van der Waals surface area contributed by atoms with Crippen molar-refractivity contribution in [1.82, 2.24) is 30.3 Å². The van der Waals surface area contributed by atoms with E-state index in [9.17, 15) is 20.4 Å². The number of likely N-dealkylation sites (tertiary alicyclic amines) is 1. The Balaban J connectivity index is 1.01. The molecule has 1 aromatic carbocycles. The van der Waals surface area contributed by atoms with Crippen LogP contribution >= 0.6 is 11.3 Å². The lowest BCUT2D eigenvalue weighted by atomic mass is 9.35. The highest BCUT2D eigenvalue weighted by Crippen LogP contribution is 2.75. The third kappa shape index (κ3) is 7.68. The summed E-state index contributed by atoms with van der Waals surface area (Å²) in [6, 6.07) is 7.87. The number of aliphatic imine (C=N–C) groups is 1. The first-order chi connectivity index (χ1) is 27.6. The molecular formula is C44H57N9O4S. The number of hydrogen-bond donors (Lipinski definition) is 7. The second-order valence-electron chi connectivity index (χ2n) is 18.6. The molecule has 8 N–H and O–H groups in total. The number of carbonyl (C=O) groups is 1. The number of aliphatic hydroxyl groups is 2. The highest BCUT2D eigenvalue weighted by molar-refractivity contribution is 7.22. The number of thiazole rings is 1. The number of carboxylic acid groups (broad SMARTS) is 1. The van der Waals surface area contributed by atoms with Gasteiger partial charge in [0.1, 0.15) is 23.2 Å². The van der Waals surface area contributed by atoms with Crippen LogP contribution in [0.3, 0.4) is 0 Å². The van der Waals surface area contributed by atoms with Crippen LogP contribution in [0.2, 0.25) is 0 Å². The van der Waals surface area contributed by atoms with E-state index in [-0.39, 0.29) is 39.6 Å². The summed E-state index contributed by atoms with van der Waals surface area (Å²) in [5.41, 5.74) is 12.4. The van der Waals surface area contributed by atoms with Crippen LogP contribution in [0.25, 0.3) is 15.8 Å². The van der Waals surface area contributed by atoms with Crippen molar-refractivity contribution in [1.29, 1.82) is 5.41 Å². The molecule has 6 aliphatic rings. The Morgan fingerprint density at radius 1 is 1.05 bits per heavy atom. The molecule has 14 heteroatoms. The number of para-hydroxylation sites is 1. The number of aliphatic hydroxyl groups excluding tert-OH is 1. The Labute approximate surface area is 344 Å². The zero-order valence-corrected chi connectivity index (χ0v) is 34.9. The first-order valence-electron chi connectivity index (χ1n) is 20.6. The van der Waals surface area contributed by atoms with Crippen LogP contribution < -0.4 is 16.4 Å². The lowest BCUT2D eigenvalue weighted by molar-refractivity contribution is -0.197. The van der Waals surface area contributed by atoms with Crippen LogP contribution in [0.5, 0.6) is 0 Å². The largest absolute Gasteiger partial charge is 0.481 e. The summed E-state index contributed by atoms with van der Waals surface area (Å²) < 4.78 is 3.17. The van der Waals surface area contributed by atoms with E-state index < -0.39 is 11.9 Å². The molecule has 2 aromatic heterocycles. The van der Waals surface area contributed by atoms with E-state index in [1.54, 1.807) is 0 Å². The van der Waals surface area contributed by atoms with Gasteiger partial charge in [-0.25, -0.2) is 9.98 Å². The SMILES string of the molecule is CC(=C1\CCCN(C2=CC=C(c3cnn(CC45CC6(C)CC(C)(CC(CCCNCCC(=O)O)(C6)C4)C5)c3C)C(=C(O)O)N2)C1=N)/C(N)=N\c1nc2ccccc2s1. The molecule has 0 radical (unpaired) electrons. The topological polar surface area (TPSA) is 198 Å². The number of aliphatic carboxylic acids is 1.